The molecule has 3 rings (SSSR count). The molecule has 20 heavy (non-hydrogen) atoms. The predicted octanol–water partition coefficient (Wildman–Crippen LogP) is 1.28. The summed E-state index contributed by atoms with van der Waals surface area (Å²) >= 11 is 0. The number of hydrogen-bond acceptors (Lipinski definition) is 3. The highest BCUT2D eigenvalue weighted by Gasteiger charge is 2.53. The Labute approximate surface area is 118 Å². The third kappa shape index (κ3) is 2.00. The van der Waals surface area contributed by atoms with Crippen molar-refractivity contribution in [3.05, 3.63) is 43.0 Å². The number of rotatable bonds is 3. The van der Waals surface area contributed by atoms with Crippen LogP contribution in [0.5, 0.6) is 0 Å². The summed E-state index contributed by atoms with van der Waals surface area (Å²) in [6.45, 7) is 4.02. The van der Waals surface area contributed by atoms with Crippen LogP contribution in [0.3, 0.4) is 0 Å². The molecule has 5 nitrogen and oxygen atoms in total. The number of sulfone groups is 1. The molecule has 0 spiro atoms. The molecule has 2 fully saturated rings. The Hall–Kier alpha value is -1.82. The summed E-state index contributed by atoms with van der Waals surface area (Å²) in [7, 11) is -3.09. The first kappa shape index (κ1) is 13.2. The van der Waals surface area contributed by atoms with Gasteiger partial charge in [0.15, 0.2) is 9.84 Å². The zero-order chi connectivity index (χ0) is 14.3. The average molecular weight is 292 g/mol. The molecule has 0 saturated carbocycles. The zero-order valence-electron chi connectivity index (χ0n) is 11.0. The van der Waals surface area contributed by atoms with Crippen molar-refractivity contribution in [3.63, 3.8) is 0 Å². The number of carbonyl (C=O) groups excluding carboxylic acids is 1. The first-order valence-electron chi connectivity index (χ1n) is 6.50. The predicted molar refractivity (Wildman–Crippen MR) is 77.4 cm³/mol. The Morgan fingerprint density at radius 1 is 1.20 bits per heavy atom. The van der Waals surface area contributed by atoms with Crippen LogP contribution in [0.15, 0.2) is 43.0 Å². The van der Waals surface area contributed by atoms with Crippen molar-refractivity contribution >= 4 is 21.6 Å². The lowest BCUT2D eigenvalue weighted by Crippen LogP contribution is -2.37. The second kappa shape index (κ2) is 4.63. The molecule has 2 atom stereocenters. The van der Waals surface area contributed by atoms with Crippen molar-refractivity contribution in [1.29, 1.82) is 0 Å². The molecular weight excluding hydrogens is 276 g/mol. The van der Waals surface area contributed by atoms with E-state index in [-0.39, 0.29) is 29.6 Å². The zero-order valence-corrected chi connectivity index (χ0v) is 11.8. The second-order valence-corrected chi connectivity index (χ2v) is 7.29. The molecule has 2 aliphatic rings. The van der Waals surface area contributed by atoms with Crippen LogP contribution in [0.2, 0.25) is 0 Å². The number of hydrogen-bond donors (Lipinski definition) is 0. The summed E-state index contributed by atoms with van der Waals surface area (Å²) in [5.74, 6) is 0.0759. The smallest absolute Gasteiger partial charge is 0.314 e. The number of benzene rings is 1. The van der Waals surface area contributed by atoms with E-state index in [0.29, 0.717) is 6.54 Å². The van der Waals surface area contributed by atoms with E-state index in [4.69, 9.17) is 0 Å². The van der Waals surface area contributed by atoms with E-state index in [9.17, 15) is 13.2 Å². The van der Waals surface area contributed by atoms with Crippen LogP contribution in [0, 0.1) is 0 Å². The molecule has 2 aliphatic heterocycles. The van der Waals surface area contributed by atoms with Crippen LogP contribution >= 0.6 is 0 Å². The largest absolute Gasteiger partial charge is 0.325 e. The summed E-state index contributed by atoms with van der Waals surface area (Å²) in [6, 6.07) is 8.51. The van der Waals surface area contributed by atoms with Gasteiger partial charge in [-0.1, -0.05) is 24.3 Å². The normalized spacial score (nSPS) is 27.7. The van der Waals surface area contributed by atoms with Gasteiger partial charge in [-0.3, -0.25) is 4.90 Å². The minimum absolute atomic E-state index is 0.0337. The third-order valence-electron chi connectivity index (χ3n) is 3.84. The standard InChI is InChI=1S/C14H16N2O3S/c1-2-8-15-12-9-20(18,19)10-13(12)16(14(15)17)11-6-4-3-5-7-11/h2-7,12-13H,1,8-10H2. The van der Waals surface area contributed by atoms with Crippen LogP contribution in [0.4, 0.5) is 10.5 Å². The molecule has 106 valence electrons. The molecule has 0 aromatic heterocycles. The van der Waals surface area contributed by atoms with Crippen LogP contribution in [-0.2, 0) is 9.84 Å². The van der Waals surface area contributed by atoms with Gasteiger partial charge in [0.05, 0.1) is 23.6 Å². The van der Waals surface area contributed by atoms with Crippen molar-refractivity contribution < 1.29 is 13.2 Å². The number of carbonyl (C=O) groups is 1. The quantitative estimate of drug-likeness (QED) is 0.623. The van der Waals surface area contributed by atoms with E-state index >= 15 is 0 Å². The maximum atomic E-state index is 12.5. The van der Waals surface area contributed by atoms with Gasteiger partial charge in [-0.2, -0.15) is 0 Å². The van der Waals surface area contributed by atoms with E-state index in [0.717, 1.165) is 5.69 Å². The number of nitrogens with zero attached hydrogens (tertiary/aromatic N) is 2. The van der Waals surface area contributed by atoms with Gasteiger partial charge in [0.1, 0.15) is 0 Å². The lowest BCUT2D eigenvalue weighted by molar-refractivity contribution is 0.215. The summed E-state index contributed by atoms with van der Waals surface area (Å²) in [5, 5.41) is 0. The van der Waals surface area contributed by atoms with Gasteiger partial charge in [-0.25, -0.2) is 13.2 Å². The Morgan fingerprint density at radius 2 is 1.85 bits per heavy atom. The van der Waals surface area contributed by atoms with Crippen molar-refractivity contribution in [2.75, 3.05) is 23.0 Å². The van der Waals surface area contributed by atoms with Crippen molar-refractivity contribution in [3.8, 4) is 0 Å². The summed E-state index contributed by atoms with van der Waals surface area (Å²) in [4.78, 5) is 15.7. The van der Waals surface area contributed by atoms with E-state index in [1.54, 1.807) is 15.9 Å². The summed E-state index contributed by atoms with van der Waals surface area (Å²) < 4.78 is 23.8. The summed E-state index contributed by atoms with van der Waals surface area (Å²) in [6.07, 6.45) is 1.63. The fraction of sp³-hybridized carbons (Fsp3) is 0.357. The van der Waals surface area contributed by atoms with Crippen molar-refractivity contribution in [2.24, 2.45) is 0 Å². The van der Waals surface area contributed by atoms with Gasteiger partial charge in [-0.15, -0.1) is 6.58 Å². The van der Waals surface area contributed by atoms with Crippen LogP contribution in [0.25, 0.3) is 0 Å². The number of anilines is 1. The number of amides is 2. The van der Waals surface area contributed by atoms with Crippen LogP contribution in [0.1, 0.15) is 0 Å². The number of fused-ring (bicyclic) bond motifs is 1. The molecule has 0 N–H and O–H groups in total. The highest BCUT2D eigenvalue weighted by atomic mass is 32.2. The molecular formula is C14H16N2O3S. The minimum atomic E-state index is -3.09. The lowest BCUT2D eigenvalue weighted by atomic mass is 10.1. The van der Waals surface area contributed by atoms with Crippen LogP contribution < -0.4 is 4.90 Å². The van der Waals surface area contributed by atoms with Crippen LogP contribution in [-0.4, -0.2) is 49.5 Å². The van der Waals surface area contributed by atoms with Gasteiger partial charge in [0.25, 0.3) is 0 Å². The molecule has 0 aliphatic carbocycles. The molecule has 0 radical (unpaired) electrons. The van der Waals surface area contributed by atoms with E-state index < -0.39 is 9.84 Å². The fourth-order valence-corrected chi connectivity index (χ4v) is 4.97. The van der Waals surface area contributed by atoms with Gasteiger partial charge in [0, 0.05) is 12.2 Å². The number of urea groups is 1. The van der Waals surface area contributed by atoms with Crippen molar-refractivity contribution in [1.82, 2.24) is 4.90 Å². The minimum Gasteiger partial charge on any atom is -0.314 e. The maximum absolute atomic E-state index is 12.5. The van der Waals surface area contributed by atoms with E-state index in [2.05, 4.69) is 6.58 Å². The topological polar surface area (TPSA) is 57.7 Å². The maximum Gasteiger partial charge on any atom is 0.325 e. The van der Waals surface area contributed by atoms with Gasteiger partial charge >= 0.3 is 6.03 Å². The number of para-hydroxylation sites is 1. The lowest BCUT2D eigenvalue weighted by Gasteiger charge is -2.21. The Kier molecular flexibility index (Phi) is 3.05. The Morgan fingerprint density at radius 3 is 2.50 bits per heavy atom. The first-order chi connectivity index (χ1) is 9.53. The molecule has 6 heteroatoms. The molecule has 2 unspecified atom stereocenters. The third-order valence-corrected chi connectivity index (χ3v) is 5.54. The van der Waals surface area contributed by atoms with Gasteiger partial charge < -0.3 is 4.90 Å². The molecule has 2 heterocycles. The average Bonchev–Trinajstić information content (AvgIpc) is 2.83. The van der Waals surface area contributed by atoms with E-state index in [1.807, 2.05) is 30.3 Å². The van der Waals surface area contributed by atoms with Crippen molar-refractivity contribution in [2.45, 2.75) is 12.1 Å². The van der Waals surface area contributed by atoms with Gasteiger partial charge in [0.2, 0.25) is 0 Å². The monoisotopic (exact) mass is 292 g/mol. The Balaban J connectivity index is 2.02. The van der Waals surface area contributed by atoms with Gasteiger partial charge in [-0.05, 0) is 12.1 Å². The second-order valence-electron chi connectivity index (χ2n) is 5.14. The molecule has 0 bridgehead atoms. The molecule has 1 aromatic carbocycles. The highest BCUT2D eigenvalue weighted by Crippen LogP contribution is 2.34. The summed E-state index contributed by atoms with van der Waals surface area (Å²) in [5.41, 5.74) is 0.746. The molecule has 2 amide bonds. The SMILES string of the molecule is C=CCN1C(=O)N(c2ccccc2)C2CS(=O)(=O)CC21. The first-order valence-corrected chi connectivity index (χ1v) is 8.32. The molecule has 1 aromatic rings. The fourth-order valence-electron chi connectivity index (χ4n) is 3.02. The Bertz CT molecular complexity index is 642. The van der Waals surface area contributed by atoms with E-state index in [1.165, 1.54) is 0 Å². The highest BCUT2D eigenvalue weighted by molar-refractivity contribution is 7.91. The molecule has 2 saturated heterocycles.